The fourth-order valence-electron chi connectivity index (χ4n) is 3.03. The van der Waals surface area contributed by atoms with Crippen molar-refractivity contribution in [2.45, 2.75) is 39.7 Å². The summed E-state index contributed by atoms with van der Waals surface area (Å²) in [5, 5.41) is 3.45. The Morgan fingerprint density at radius 3 is 2.24 bits per heavy atom. The largest absolute Gasteiger partial charge is 0.369 e. The summed E-state index contributed by atoms with van der Waals surface area (Å²) < 4.78 is 0. The van der Waals surface area contributed by atoms with Crippen molar-refractivity contribution >= 4 is 5.69 Å². The molecule has 1 aromatic rings. The molecule has 1 N–H and O–H groups in total. The van der Waals surface area contributed by atoms with Gasteiger partial charge in [-0.25, -0.2) is 0 Å². The molecule has 1 saturated heterocycles. The molecule has 1 fully saturated rings. The molecule has 2 rings (SSSR count). The molecule has 0 bridgehead atoms. The molecule has 1 atom stereocenters. The van der Waals surface area contributed by atoms with Gasteiger partial charge in [0.25, 0.3) is 0 Å². The first-order valence-electron chi connectivity index (χ1n) is 6.47. The number of benzene rings is 1. The second-order valence-corrected chi connectivity index (χ2v) is 5.73. The number of likely N-dealkylation sites (N-methyl/N-ethyl adjacent to an activating group) is 1. The normalized spacial score (nSPS) is 24.4. The highest BCUT2D eigenvalue weighted by molar-refractivity contribution is 5.61. The molecule has 1 heterocycles. The first kappa shape index (κ1) is 12.4. The average Bonchev–Trinajstić information content (AvgIpc) is 2.60. The van der Waals surface area contributed by atoms with Crippen LogP contribution in [0.4, 0.5) is 5.69 Å². The van der Waals surface area contributed by atoms with Gasteiger partial charge in [0.1, 0.15) is 0 Å². The summed E-state index contributed by atoms with van der Waals surface area (Å²) in [6, 6.07) is 4.58. The predicted octanol–water partition coefficient (Wildman–Crippen LogP) is 2.80. The number of anilines is 1. The van der Waals surface area contributed by atoms with E-state index in [9.17, 15) is 0 Å². The lowest BCUT2D eigenvalue weighted by Gasteiger charge is -2.27. The van der Waals surface area contributed by atoms with E-state index in [-0.39, 0.29) is 5.54 Å². The zero-order valence-corrected chi connectivity index (χ0v) is 11.7. The van der Waals surface area contributed by atoms with Crippen LogP contribution in [0.3, 0.4) is 0 Å². The van der Waals surface area contributed by atoms with E-state index in [2.05, 4.69) is 57.1 Å². The molecule has 94 valence electrons. The van der Waals surface area contributed by atoms with Crippen LogP contribution in [0.25, 0.3) is 0 Å². The van der Waals surface area contributed by atoms with Crippen LogP contribution < -0.4 is 10.2 Å². The van der Waals surface area contributed by atoms with Gasteiger partial charge in [-0.15, -0.1) is 0 Å². The molecule has 0 spiro atoms. The standard InChI is InChI=1S/C15H24N2/c1-11-8-12(2)14(13(3)9-11)17-7-6-15(4,10-17)16-5/h8-9,16H,6-7,10H2,1-5H3. The van der Waals surface area contributed by atoms with Crippen LogP contribution in [-0.4, -0.2) is 25.7 Å². The number of rotatable bonds is 2. The Hall–Kier alpha value is -1.02. The molecule has 1 aromatic carbocycles. The van der Waals surface area contributed by atoms with E-state index < -0.39 is 0 Å². The molecular weight excluding hydrogens is 208 g/mol. The van der Waals surface area contributed by atoms with Gasteiger partial charge >= 0.3 is 0 Å². The first-order chi connectivity index (χ1) is 7.95. The van der Waals surface area contributed by atoms with E-state index in [0.29, 0.717) is 0 Å². The Bertz CT molecular complexity index is 402. The van der Waals surface area contributed by atoms with Gasteiger partial charge in [-0.05, 0) is 52.3 Å². The Labute approximate surface area is 105 Å². The molecule has 0 aliphatic carbocycles. The minimum absolute atomic E-state index is 0.268. The highest BCUT2D eigenvalue weighted by atomic mass is 15.2. The summed E-state index contributed by atoms with van der Waals surface area (Å²) in [5.74, 6) is 0. The Kier molecular flexibility index (Phi) is 3.17. The minimum atomic E-state index is 0.268. The molecule has 0 radical (unpaired) electrons. The molecule has 2 heteroatoms. The van der Waals surface area contributed by atoms with Crippen LogP contribution in [0.15, 0.2) is 12.1 Å². The first-order valence-corrected chi connectivity index (χ1v) is 6.47. The predicted molar refractivity (Wildman–Crippen MR) is 74.9 cm³/mol. The number of aryl methyl sites for hydroxylation is 3. The van der Waals surface area contributed by atoms with Gasteiger partial charge in [-0.2, -0.15) is 0 Å². The van der Waals surface area contributed by atoms with Crippen molar-refractivity contribution in [2.24, 2.45) is 0 Å². The SMILES string of the molecule is CNC1(C)CCN(c2c(C)cc(C)cc2C)C1. The Morgan fingerprint density at radius 1 is 1.18 bits per heavy atom. The van der Waals surface area contributed by atoms with Crippen molar-refractivity contribution in [3.8, 4) is 0 Å². The maximum absolute atomic E-state index is 3.45. The molecule has 0 aromatic heterocycles. The monoisotopic (exact) mass is 232 g/mol. The quantitative estimate of drug-likeness (QED) is 0.843. The van der Waals surface area contributed by atoms with E-state index in [1.54, 1.807) is 0 Å². The van der Waals surface area contributed by atoms with E-state index in [1.807, 2.05) is 0 Å². The van der Waals surface area contributed by atoms with E-state index >= 15 is 0 Å². The maximum atomic E-state index is 3.45. The molecule has 17 heavy (non-hydrogen) atoms. The second kappa shape index (κ2) is 4.34. The molecule has 1 unspecified atom stereocenters. The van der Waals surface area contributed by atoms with Gasteiger partial charge in [0.05, 0.1) is 0 Å². The zero-order valence-electron chi connectivity index (χ0n) is 11.7. The molecule has 2 nitrogen and oxygen atoms in total. The third kappa shape index (κ3) is 2.32. The number of hydrogen-bond acceptors (Lipinski definition) is 2. The van der Waals surface area contributed by atoms with Crippen LogP contribution in [0.5, 0.6) is 0 Å². The highest BCUT2D eigenvalue weighted by Gasteiger charge is 2.33. The smallest absolute Gasteiger partial charge is 0.0426 e. The van der Waals surface area contributed by atoms with Crippen molar-refractivity contribution in [2.75, 3.05) is 25.0 Å². The fourth-order valence-corrected chi connectivity index (χ4v) is 3.03. The summed E-state index contributed by atoms with van der Waals surface area (Å²) in [4.78, 5) is 2.53. The summed E-state index contributed by atoms with van der Waals surface area (Å²) >= 11 is 0. The van der Waals surface area contributed by atoms with Crippen molar-refractivity contribution < 1.29 is 0 Å². The lowest BCUT2D eigenvalue weighted by molar-refractivity contribution is 0.428. The topological polar surface area (TPSA) is 15.3 Å². The summed E-state index contributed by atoms with van der Waals surface area (Å²) in [6.07, 6.45) is 1.22. The minimum Gasteiger partial charge on any atom is -0.369 e. The van der Waals surface area contributed by atoms with Crippen molar-refractivity contribution in [1.82, 2.24) is 5.32 Å². The molecule has 0 saturated carbocycles. The van der Waals surface area contributed by atoms with Gasteiger partial charge < -0.3 is 10.2 Å². The van der Waals surface area contributed by atoms with Crippen LogP contribution >= 0.6 is 0 Å². The third-order valence-corrected chi connectivity index (χ3v) is 4.03. The lowest BCUT2D eigenvalue weighted by atomic mass is 10.0. The number of nitrogens with one attached hydrogen (secondary N) is 1. The number of nitrogens with zero attached hydrogens (tertiary/aromatic N) is 1. The highest BCUT2D eigenvalue weighted by Crippen LogP contribution is 2.32. The molecule has 1 aliphatic heterocycles. The van der Waals surface area contributed by atoms with Crippen LogP contribution in [0.1, 0.15) is 30.0 Å². The average molecular weight is 232 g/mol. The lowest BCUT2D eigenvalue weighted by Crippen LogP contribution is -2.42. The zero-order chi connectivity index (χ0) is 12.6. The third-order valence-electron chi connectivity index (χ3n) is 4.03. The van der Waals surface area contributed by atoms with Crippen molar-refractivity contribution in [3.63, 3.8) is 0 Å². The summed E-state index contributed by atoms with van der Waals surface area (Å²) in [7, 11) is 2.07. The molecule has 0 amide bonds. The van der Waals surface area contributed by atoms with E-state index in [1.165, 1.54) is 28.8 Å². The van der Waals surface area contributed by atoms with Crippen LogP contribution in [-0.2, 0) is 0 Å². The Balaban J connectivity index is 2.31. The van der Waals surface area contributed by atoms with E-state index in [0.717, 1.165) is 13.1 Å². The molecular formula is C15H24N2. The summed E-state index contributed by atoms with van der Waals surface area (Å²) in [6.45, 7) is 11.2. The van der Waals surface area contributed by atoms with Gasteiger partial charge in [-0.3, -0.25) is 0 Å². The van der Waals surface area contributed by atoms with Crippen LogP contribution in [0, 0.1) is 20.8 Å². The fraction of sp³-hybridized carbons (Fsp3) is 0.600. The van der Waals surface area contributed by atoms with Crippen LogP contribution in [0.2, 0.25) is 0 Å². The van der Waals surface area contributed by atoms with Crippen molar-refractivity contribution in [1.29, 1.82) is 0 Å². The van der Waals surface area contributed by atoms with Gasteiger partial charge in [0.2, 0.25) is 0 Å². The van der Waals surface area contributed by atoms with Gasteiger partial charge in [0.15, 0.2) is 0 Å². The van der Waals surface area contributed by atoms with Gasteiger partial charge in [0, 0.05) is 24.3 Å². The summed E-state index contributed by atoms with van der Waals surface area (Å²) in [5.41, 5.74) is 5.88. The maximum Gasteiger partial charge on any atom is 0.0426 e. The van der Waals surface area contributed by atoms with Gasteiger partial charge in [-0.1, -0.05) is 17.7 Å². The Morgan fingerprint density at radius 2 is 1.76 bits per heavy atom. The van der Waals surface area contributed by atoms with E-state index in [4.69, 9.17) is 0 Å². The number of hydrogen-bond donors (Lipinski definition) is 1. The second-order valence-electron chi connectivity index (χ2n) is 5.73. The van der Waals surface area contributed by atoms with Crippen molar-refractivity contribution in [3.05, 3.63) is 28.8 Å². The molecule has 1 aliphatic rings.